The standard InChI is InChI=1S/C17H19NO2/c1-12-5-3-6-13(2)15(12)10-18-9-14-7-4-8-16-17(14)20-11-19-16/h3-8,18H,9-11H2,1-2H3. The van der Waals surface area contributed by atoms with Crippen molar-refractivity contribution in [3.05, 3.63) is 58.7 Å². The Balaban J connectivity index is 1.68. The number of aryl methyl sites for hydroxylation is 2. The van der Waals surface area contributed by atoms with Crippen molar-refractivity contribution in [2.75, 3.05) is 6.79 Å². The molecule has 0 amide bonds. The zero-order valence-electron chi connectivity index (χ0n) is 11.9. The normalized spacial score (nSPS) is 12.7. The molecule has 0 atom stereocenters. The third-order valence-electron chi connectivity index (χ3n) is 3.74. The molecule has 0 unspecified atom stereocenters. The van der Waals surface area contributed by atoms with Gasteiger partial charge in [-0.3, -0.25) is 0 Å². The Hall–Kier alpha value is -2.00. The monoisotopic (exact) mass is 269 g/mol. The van der Waals surface area contributed by atoms with Gasteiger partial charge in [0.2, 0.25) is 6.79 Å². The van der Waals surface area contributed by atoms with Crippen LogP contribution in [0.1, 0.15) is 22.3 Å². The van der Waals surface area contributed by atoms with Crippen LogP contribution < -0.4 is 14.8 Å². The molecule has 0 fully saturated rings. The second kappa shape index (κ2) is 5.55. The molecule has 3 rings (SSSR count). The van der Waals surface area contributed by atoms with Gasteiger partial charge < -0.3 is 14.8 Å². The second-order valence-corrected chi connectivity index (χ2v) is 5.12. The Morgan fingerprint density at radius 2 is 1.70 bits per heavy atom. The topological polar surface area (TPSA) is 30.5 Å². The molecule has 1 aliphatic rings. The van der Waals surface area contributed by atoms with Gasteiger partial charge in [0.1, 0.15) is 0 Å². The van der Waals surface area contributed by atoms with E-state index in [1.54, 1.807) is 0 Å². The molecule has 3 heteroatoms. The molecule has 0 bridgehead atoms. The van der Waals surface area contributed by atoms with E-state index in [-0.39, 0.29) is 0 Å². The van der Waals surface area contributed by atoms with Crippen LogP contribution in [0.5, 0.6) is 11.5 Å². The predicted molar refractivity (Wildman–Crippen MR) is 79.0 cm³/mol. The molecule has 2 aromatic rings. The largest absolute Gasteiger partial charge is 0.454 e. The molecule has 0 radical (unpaired) electrons. The van der Waals surface area contributed by atoms with Crippen molar-refractivity contribution in [1.82, 2.24) is 5.32 Å². The maximum Gasteiger partial charge on any atom is 0.231 e. The van der Waals surface area contributed by atoms with Gasteiger partial charge in [-0.25, -0.2) is 0 Å². The molecule has 2 aromatic carbocycles. The SMILES string of the molecule is Cc1cccc(C)c1CNCc1cccc2c1OCO2. The summed E-state index contributed by atoms with van der Waals surface area (Å²) in [6.07, 6.45) is 0. The Morgan fingerprint density at radius 3 is 2.50 bits per heavy atom. The molecule has 1 heterocycles. The second-order valence-electron chi connectivity index (χ2n) is 5.12. The van der Waals surface area contributed by atoms with E-state index in [2.05, 4.69) is 43.4 Å². The molecular formula is C17H19NO2. The first kappa shape index (κ1) is 13.0. The lowest BCUT2D eigenvalue weighted by molar-refractivity contribution is 0.173. The number of fused-ring (bicyclic) bond motifs is 1. The smallest absolute Gasteiger partial charge is 0.231 e. The van der Waals surface area contributed by atoms with Crippen LogP contribution >= 0.6 is 0 Å². The molecule has 3 nitrogen and oxygen atoms in total. The summed E-state index contributed by atoms with van der Waals surface area (Å²) in [5, 5.41) is 3.49. The molecule has 0 saturated heterocycles. The van der Waals surface area contributed by atoms with E-state index < -0.39 is 0 Å². The maximum absolute atomic E-state index is 5.52. The summed E-state index contributed by atoms with van der Waals surface area (Å²) < 4.78 is 10.9. The van der Waals surface area contributed by atoms with Crippen molar-refractivity contribution in [2.45, 2.75) is 26.9 Å². The fraction of sp³-hybridized carbons (Fsp3) is 0.294. The third kappa shape index (κ3) is 2.49. The summed E-state index contributed by atoms with van der Waals surface area (Å²) in [6, 6.07) is 12.4. The van der Waals surface area contributed by atoms with Gasteiger partial charge in [0.05, 0.1) is 0 Å². The fourth-order valence-corrected chi connectivity index (χ4v) is 2.58. The molecular weight excluding hydrogens is 250 g/mol. The minimum Gasteiger partial charge on any atom is -0.454 e. The van der Waals surface area contributed by atoms with Crippen molar-refractivity contribution >= 4 is 0 Å². The van der Waals surface area contributed by atoms with Gasteiger partial charge in [-0.15, -0.1) is 0 Å². The van der Waals surface area contributed by atoms with Gasteiger partial charge in [-0.05, 0) is 36.6 Å². The first-order valence-electron chi connectivity index (χ1n) is 6.89. The number of ether oxygens (including phenoxy) is 2. The Bertz CT molecular complexity index is 602. The van der Waals surface area contributed by atoms with Crippen molar-refractivity contribution in [1.29, 1.82) is 0 Å². The van der Waals surface area contributed by atoms with Crippen LogP contribution in [0, 0.1) is 13.8 Å². The van der Waals surface area contributed by atoms with E-state index in [9.17, 15) is 0 Å². The van der Waals surface area contributed by atoms with Gasteiger partial charge in [0.15, 0.2) is 11.5 Å². The van der Waals surface area contributed by atoms with Gasteiger partial charge in [-0.2, -0.15) is 0 Å². The number of para-hydroxylation sites is 1. The fourth-order valence-electron chi connectivity index (χ4n) is 2.58. The van der Waals surface area contributed by atoms with E-state index in [1.165, 1.54) is 16.7 Å². The molecule has 0 aromatic heterocycles. The number of hydrogen-bond acceptors (Lipinski definition) is 3. The lowest BCUT2D eigenvalue weighted by Gasteiger charge is -2.12. The van der Waals surface area contributed by atoms with E-state index in [0.717, 1.165) is 30.2 Å². The molecule has 20 heavy (non-hydrogen) atoms. The highest BCUT2D eigenvalue weighted by Crippen LogP contribution is 2.35. The molecule has 0 aliphatic carbocycles. The minimum atomic E-state index is 0.323. The van der Waals surface area contributed by atoms with Crippen LogP contribution in [0.3, 0.4) is 0 Å². The van der Waals surface area contributed by atoms with E-state index >= 15 is 0 Å². The van der Waals surface area contributed by atoms with Gasteiger partial charge >= 0.3 is 0 Å². The summed E-state index contributed by atoms with van der Waals surface area (Å²) in [5.41, 5.74) is 5.18. The van der Waals surface area contributed by atoms with Crippen LogP contribution in [0.2, 0.25) is 0 Å². The highest BCUT2D eigenvalue weighted by molar-refractivity contribution is 5.48. The zero-order chi connectivity index (χ0) is 13.9. The van der Waals surface area contributed by atoms with Gasteiger partial charge in [0.25, 0.3) is 0 Å². The quantitative estimate of drug-likeness (QED) is 0.923. The Morgan fingerprint density at radius 1 is 0.950 bits per heavy atom. The van der Waals surface area contributed by atoms with Crippen LogP contribution in [-0.2, 0) is 13.1 Å². The van der Waals surface area contributed by atoms with Crippen LogP contribution in [-0.4, -0.2) is 6.79 Å². The van der Waals surface area contributed by atoms with Crippen LogP contribution in [0.25, 0.3) is 0 Å². The van der Waals surface area contributed by atoms with Gasteiger partial charge in [-0.1, -0.05) is 30.3 Å². The first-order chi connectivity index (χ1) is 9.75. The summed E-state index contributed by atoms with van der Waals surface area (Å²) in [6.45, 7) is 6.27. The zero-order valence-corrected chi connectivity index (χ0v) is 11.9. The van der Waals surface area contributed by atoms with E-state index in [1.807, 2.05) is 12.1 Å². The average molecular weight is 269 g/mol. The van der Waals surface area contributed by atoms with Crippen LogP contribution in [0.15, 0.2) is 36.4 Å². The Kier molecular flexibility index (Phi) is 3.61. The maximum atomic E-state index is 5.52. The predicted octanol–water partition coefficient (Wildman–Crippen LogP) is 3.32. The van der Waals surface area contributed by atoms with Crippen molar-refractivity contribution in [3.63, 3.8) is 0 Å². The number of benzene rings is 2. The summed E-state index contributed by atoms with van der Waals surface area (Å²) >= 11 is 0. The molecule has 0 spiro atoms. The molecule has 104 valence electrons. The van der Waals surface area contributed by atoms with Gasteiger partial charge in [0, 0.05) is 18.7 Å². The minimum absolute atomic E-state index is 0.323. The summed E-state index contributed by atoms with van der Waals surface area (Å²) in [4.78, 5) is 0. The average Bonchev–Trinajstić information content (AvgIpc) is 2.91. The number of rotatable bonds is 4. The highest BCUT2D eigenvalue weighted by atomic mass is 16.7. The summed E-state index contributed by atoms with van der Waals surface area (Å²) in [7, 11) is 0. The lowest BCUT2D eigenvalue weighted by atomic mass is 10.0. The van der Waals surface area contributed by atoms with Crippen molar-refractivity contribution in [2.24, 2.45) is 0 Å². The van der Waals surface area contributed by atoms with Crippen molar-refractivity contribution in [3.8, 4) is 11.5 Å². The molecule has 1 N–H and O–H groups in total. The highest BCUT2D eigenvalue weighted by Gasteiger charge is 2.16. The molecule has 1 aliphatic heterocycles. The third-order valence-corrected chi connectivity index (χ3v) is 3.74. The summed E-state index contributed by atoms with van der Waals surface area (Å²) in [5.74, 6) is 1.72. The lowest BCUT2D eigenvalue weighted by Crippen LogP contribution is -2.14. The first-order valence-corrected chi connectivity index (χ1v) is 6.89. The molecule has 0 saturated carbocycles. The van der Waals surface area contributed by atoms with Crippen molar-refractivity contribution < 1.29 is 9.47 Å². The van der Waals surface area contributed by atoms with Crippen LogP contribution in [0.4, 0.5) is 0 Å². The number of hydrogen-bond donors (Lipinski definition) is 1. The van der Waals surface area contributed by atoms with E-state index in [0.29, 0.717) is 6.79 Å². The Labute approximate surface area is 119 Å². The number of nitrogens with one attached hydrogen (secondary N) is 1. The van der Waals surface area contributed by atoms with E-state index in [4.69, 9.17) is 9.47 Å².